The van der Waals surface area contributed by atoms with E-state index >= 15 is 0 Å². The molecule has 0 amide bonds. The van der Waals surface area contributed by atoms with Gasteiger partial charge in [-0.25, -0.2) is 0 Å². The molecule has 0 aliphatic heterocycles. The third-order valence-electron chi connectivity index (χ3n) is 1.73. The second-order valence-corrected chi connectivity index (χ2v) is 19.3. The predicted molar refractivity (Wildman–Crippen MR) is 58.6 cm³/mol. The SMILES string of the molecule is CC(C)(C)[As](=S)(Cl)C(C)(C)C. The second kappa shape index (κ2) is 3.09. The fourth-order valence-corrected chi connectivity index (χ4v) is 5.23. The average molecular weight is 257 g/mol. The zero-order valence-electron chi connectivity index (χ0n) is 8.23. The third kappa shape index (κ3) is 2.50. The Morgan fingerprint density at radius 2 is 1.09 bits per heavy atom. The van der Waals surface area contributed by atoms with Gasteiger partial charge in [0.15, 0.2) is 0 Å². The van der Waals surface area contributed by atoms with Crippen molar-refractivity contribution in [1.82, 2.24) is 0 Å². The third-order valence-corrected chi connectivity index (χ3v) is 19.9. The van der Waals surface area contributed by atoms with Crippen LogP contribution >= 0.6 is 20.3 Å². The zero-order valence-corrected chi connectivity index (χ0v) is 11.7. The van der Waals surface area contributed by atoms with Crippen LogP contribution in [0, 0.1) is 0 Å². The first-order valence-electron chi connectivity index (χ1n) is 3.80. The first-order valence-corrected chi connectivity index (χ1v) is 10.8. The van der Waals surface area contributed by atoms with Gasteiger partial charge >= 0.3 is 81.2 Å². The monoisotopic (exact) mass is 256 g/mol. The van der Waals surface area contributed by atoms with Crippen LogP contribution < -0.4 is 0 Å². The van der Waals surface area contributed by atoms with Crippen molar-refractivity contribution >= 4 is 31.3 Å². The van der Waals surface area contributed by atoms with Crippen LogP contribution in [0.1, 0.15) is 41.5 Å². The maximum atomic E-state index is 6.48. The molecular formula is C8H18AsClS. The molecule has 0 saturated carbocycles. The molecule has 0 aromatic heterocycles. The maximum absolute atomic E-state index is 6.48. The van der Waals surface area contributed by atoms with Crippen molar-refractivity contribution in [2.45, 2.75) is 49.9 Å². The normalized spacial score (nSPS) is 15.2. The summed E-state index contributed by atoms with van der Waals surface area (Å²) in [6.07, 6.45) is 0. The molecule has 0 bridgehead atoms. The Hall–Kier alpha value is 1.07. The van der Waals surface area contributed by atoms with Gasteiger partial charge in [0.25, 0.3) is 0 Å². The van der Waals surface area contributed by atoms with Crippen LogP contribution in [0.3, 0.4) is 0 Å². The van der Waals surface area contributed by atoms with Crippen LogP contribution in [0.25, 0.3) is 0 Å². The fraction of sp³-hybridized carbons (Fsp3) is 1.00. The van der Waals surface area contributed by atoms with Gasteiger partial charge in [0.1, 0.15) is 0 Å². The van der Waals surface area contributed by atoms with E-state index in [0.717, 1.165) is 0 Å². The molecule has 0 heterocycles. The molecule has 0 aromatic carbocycles. The molecule has 0 fully saturated rings. The molecule has 0 aromatic rings. The van der Waals surface area contributed by atoms with Crippen LogP contribution in [0.5, 0.6) is 0 Å². The van der Waals surface area contributed by atoms with Crippen LogP contribution in [0.2, 0.25) is 8.41 Å². The molecule has 0 spiro atoms. The van der Waals surface area contributed by atoms with Gasteiger partial charge < -0.3 is 0 Å². The number of halogens is 1. The molecule has 0 saturated heterocycles. The van der Waals surface area contributed by atoms with Gasteiger partial charge in [-0.05, 0) is 0 Å². The molecule has 3 heteroatoms. The summed E-state index contributed by atoms with van der Waals surface area (Å²) in [7, 11) is 9.63. The van der Waals surface area contributed by atoms with Crippen molar-refractivity contribution in [1.29, 1.82) is 0 Å². The summed E-state index contributed by atoms with van der Waals surface area (Å²) >= 11 is 0. The molecule has 0 rings (SSSR count). The Kier molecular flexibility index (Phi) is 3.39. The van der Waals surface area contributed by atoms with Gasteiger partial charge in [-0.3, -0.25) is 0 Å². The quantitative estimate of drug-likeness (QED) is 0.577. The fourth-order valence-electron chi connectivity index (χ4n) is 1.01. The van der Waals surface area contributed by atoms with Gasteiger partial charge in [0, 0.05) is 0 Å². The van der Waals surface area contributed by atoms with E-state index in [2.05, 4.69) is 41.5 Å². The first-order chi connectivity index (χ1) is 4.50. The Balaban J connectivity index is 4.92. The first kappa shape index (κ1) is 12.1. The molecule has 0 N–H and O–H groups in total. The van der Waals surface area contributed by atoms with Crippen LogP contribution in [-0.2, 0) is 0 Å². The van der Waals surface area contributed by atoms with E-state index < -0.39 is 10.9 Å². The van der Waals surface area contributed by atoms with E-state index in [4.69, 9.17) is 20.3 Å². The van der Waals surface area contributed by atoms with E-state index in [-0.39, 0.29) is 8.41 Å². The molecule has 0 unspecified atom stereocenters. The van der Waals surface area contributed by atoms with Crippen molar-refractivity contribution < 1.29 is 0 Å². The molecule has 0 radical (unpaired) electrons. The van der Waals surface area contributed by atoms with Gasteiger partial charge in [0.05, 0.1) is 0 Å². The summed E-state index contributed by atoms with van der Waals surface area (Å²) in [5, 5.41) is 0. The summed E-state index contributed by atoms with van der Waals surface area (Å²) in [6, 6.07) is 0. The van der Waals surface area contributed by atoms with Crippen molar-refractivity contribution in [3.05, 3.63) is 0 Å². The summed E-state index contributed by atoms with van der Waals surface area (Å²) < 4.78 is 0.265. The summed E-state index contributed by atoms with van der Waals surface area (Å²) in [4.78, 5) is 0. The summed E-state index contributed by atoms with van der Waals surface area (Å²) in [6.45, 7) is 12.9. The molecule has 0 nitrogen and oxygen atoms in total. The van der Waals surface area contributed by atoms with Crippen molar-refractivity contribution in [3.8, 4) is 0 Å². The summed E-state index contributed by atoms with van der Waals surface area (Å²) in [5.41, 5.74) is 0. The molecular weight excluding hydrogens is 239 g/mol. The zero-order chi connectivity index (χ0) is 9.50. The van der Waals surface area contributed by atoms with E-state index in [0.29, 0.717) is 0 Å². The molecule has 68 valence electrons. The topological polar surface area (TPSA) is 0 Å². The minimum atomic E-state index is -2.40. The van der Waals surface area contributed by atoms with Gasteiger partial charge in [0.2, 0.25) is 0 Å². The van der Waals surface area contributed by atoms with Crippen molar-refractivity contribution in [2.75, 3.05) is 0 Å². The number of rotatable bonds is 0. The van der Waals surface area contributed by atoms with Crippen LogP contribution in [0.4, 0.5) is 0 Å². The Labute approximate surface area is 81.1 Å². The number of hydrogen-bond donors (Lipinski definition) is 0. The number of hydrogen-bond acceptors (Lipinski definition) is 1. The standard InChI is InChI=1S/C8H18AsClS/c1-7(2,3)9(10,11)8(4,5)6/h1-6H3. The molecule has 0 aliphatic carbocycles. The van der Waals surface area contributed by atoms with Gasteiger partial charge in [-0.2, -0.15) is 0 Å². The summed E-state index contributed by atoms with van der Waals surface area (Å²) in [5.74, 6) is 0. The van der Waals surface area contributed by atoms with Crippen LogP contribution in [0.15, 0.2) is 0 Å². The molecule has 11 heavy (non-hydrogen) atoms. The van der Waals surface area contributed by atoms with E-state index in [1.807, 2.05) is 0 Å². The minimum absolute atomic E-state index is 0.132. The van der Waals surface area contributed by atoms with Gasteiger partial charge in [-0.1, -0.05) is 0 Å². The van der Waals surface area contributed by atoms with Crippen molar-refractivity contribution in [3.63, 3.8) is 0 Å². The Morgan fingerprint density at radius 3 is 1.09 bits per heavy atom. The Bertz CT molecular complexity index is 167. The van der Waals surface area contributed by atoms with E-state index in [9.17, 15) is 0 Å². The molecule has 0 atom stereocenters. The van der Waals surface area contributed by atoms with Gasteiger partial charge in [-0.15, -0.1) is 0 Å². The van der Waals surface area contributed by atoms with Crippen LogP contribution in [-0.4, -0.2) is 10.9 Å². The van der Waals surface area contributed by atoms with Crippen molar-refractivity contribution in [2.24, 2.45) is 0 Å². The second-order valence-electron chi connectivity index (χ2n) is 4.87. The van der Waals surface area contributed by atoms with E-state index in [1.165, 1.54) is 0 Å². The van der Waals surface area contributed by atoms with E-state index in [1.54, 1.807) is 0 Å². The molecule has 0 aliphatic rings. The average Bonchev–Trinajstić information content (AvgIpc) is 1.58. The Morgan fingerprint density at radius 1 is 0.909 bits per heavy atom. The predicted octanol–water partition coefficient (Wildman–Crippen LogP) is 4.47.